The molecule has 0 saturated carbocycles. The molecular formula is C15H20N4O2. The Morgan fingerprint density at radius 3 is 2.67 bits per heavy atom. The second-order valence-corrected chi connectivity index (χ2v) is 6.02. The predicted molar refractivity (Wildman–Crippen MR) is 82.4 cm³/mol. The number of benzene rings is 1. The molecule has 0 amide bonds. The van der Waals surface area contributed by atoms with Gasteiger partial charge < -0.3 is 5.32 Å². The van der Waals surface area contributed by atoms with Crippen LogP contribution in [0.25, 0.3) is 0 Å². The molecule has 1 heterocycles. The van der Waals surface area contributed by atoms with Crippen LogP contribution in [-0.2, 0) is 12.1 Å². The lowest BCUT2D eigenvalue weighted by Gasteiger charge is -2.18. The monoisotopic (exact) mass is 288 g/mol. The van der Waals surface area contributed by atoms with E-state index >= 15 is 0 Å². The Hall–Kier alpha value is -2.37. The first-order valence-electron chi connectivity index (χ1n) is 6.81. The van der Waals surface area contributed by atoms with Gasteiger partial charge in [0.15, 0.2) is 0 Å². The summed E-state index contributed by atoms with van der Waals surface area (Å²) < 4.78 is 1.91. The first kappa shape index (κ1) is 15.0. The Balaban J connectivity index is 2.12. The topological polar surface area (TPSA) is 73.0 Å². The van der Waals surface area contributed by atoms with Gasteiger partial charge in [0, 0.05) is 35.6 Å². The maximum Gasteiger partial charge on any atom is 0.274 e. The van der Waals surface area contributed by atoms with Crippen LogP contribution in [0.15, 0.2) is 30.6 Å². The number of nitro benzene ring substituents is 1. The SMILES string of the molecule is Cc1c(NCc2cnn(C(C)(C)C)c2)cccc1[N+](=O)[O-]. The molecule has 0 aliphatic heterocycles. The average Bonchev–Trinajstić information content (AvgIpc) is 2.86. The molecular weight excluding hydrogens is 268 g/mol. The van der Waals surface area contributed by atoms with E-state index in [9.17, 15) is 10.1 Å². The molecule has 0 bridgehead atoms. The summed E-state index contributed by atoms with van der Waals surface area (Å²) in [7, 11) is 0. The molecule has 0 spiro atoms. The summed E-state index contributed by atoms with van der Waals surface area (Å²) in [5.74, 6) is 0. The number of aromatic nitrogens is 2. The molecule has 112 valence electrons. The van der Waals surface area contributed by atoms with Crippen molar-refractivity contribution in [2.75, 3.05) is 5.32 Å². The van der Waals surface area contributed by atoms with Gasteiger partial charge in [0.1, 0.15) is 0 Å². The molecule has 1 N–H and O–H groups in total. The van der Waals surface area contributed by atoms with Crippen molar-refractivity contribution in [3.05, 3.63) is 51.8 Å². The number of nitro groups is 1. The fourth-order valence-corrected chi connectivity index (χ4v) is 2.03. The summed E-state index contributed by atoms with van der Waals surface area (Å²) in [6, 6.07) is 5.04. The number of hydrogen-bond donors (Lipinski definition) is 1. The highest BCUT2D eigenvalue weighted by Gasteiger charge is 2.15. The predicted octanol–water partition coefficient (Wildman–Crippen LogP) is 3.47. The van der Waals surface area contributed by atoms with Crippen LogP contribution in [0.1, 0.15) is 31.9 Å². The van der Waals surface area contributed by atoms with Gasteiger partial charge in [0.05, 0.1) is 16.7 Å². The van der Waals surface area contributed by atoms with Gasteiger partial charge in [-0.05, 0) is 33.8 Å². The highest BCUT2D eigenvalue weighted by Crippen LogP contribution is 2.25. The molecule has 1 aromatic heterocycles. The minimum absolute atomic E-state index is 0.0559. The van der Waals surface area contributed by atoms with E-state index in [1.54, 1.807) is 13.0 Å². The number of nitrogens with one attached hydrogen (secondary N) is 1. The van der Waals surface area contributed by atoms with Gasteiger partial charge in [-0.15, -0.1) is 0 Å². The second-order valence-electron chi connectivity index (χ2n) is 6.02. The molecule has 21 heavy (non-hydrogen) atoms. The normalized spacial score (nSPS) is 11.4. The summed E-state index contributed by atoms with van der Waals surface area (Å²) >= 11 is 0. The number of anilines is 1. The summed E-state index contributed by atoms with van der Waals surface area (Å²) in [4.78, 5) is 10.6. The van der Waals surface area contributed by atoms with Crippen LogP contribution in [0, 0.1) is 17.0 Å². The molecule has 0 atom stereocenters. The van der Waals surface area contributed by atoms with E-state index in [1.165, 1.54) is 6.07 Å². The quantitative estimate of drug-likeness (QED) is 0.690. The van der Waals surface area contributed by atoms with Crippen LogP contribution in [0.3, 0.4) is 0 Å². The summed E-state index contributed by atoms with van der Waals surface area (Å²) in [5.41, 5.74) is 2.53. The van der Waals surface area contributed by atoms with E-state index < -0.39 is 0 Å². The number of nitrogens with zero attached hydrogens (tertiary/aromatic N) is 3. The fourth-order valence-electron chi connectivity index (χ4n) is 2.03. The molecule has 0 fully saturated rings. The standard InChI is InChI=1S/C15H20N4O2/c1-11-13(6-5-7-14(11)19(20)21)16-8-12-9-17-18(10-12)15(2,3)4/h5-7,9-10,16H,8H2,1-4H3. The smallest absolute Gasteiger partial charge is 0.274 e. The van der Waals surface area contributed by atoms with Crippen LogP contribution in [-0.4, -0.2) is 14.7 Å². The van der Waals surface area contributed by atoms with Crippen molar-refractivity contribution in [1.82, 2.24) is 9.78 Å². The summed E-state index contributed by atoms with van der Waals surface area (Å²) in [6.45, 7) is 8.59. The fraction of sp³-hybridized carbons (Fsp3) is 0.400. The molecule has 2 aromatic rings. The molecule has 1 aromatic carbocycles. The van der Waals surface area contributed by atoms with Crippen molar-refractivity contribution < 1.29 is 4.92 Å². The maximum atomic E-state index is 10.9. The van der Waals surface area contributed by atoms with Gasteiger partial charge in [0.2, 0.25) is 0 Å². The third-order valence-corrected chi connectivity index (χ3v) is 3.31. The van der Waals surface area contributed by atoms with Gasteiger partial charge >= 0.3 is 0 Å². The van der Waals surface area contributed by atoms with Crippen molar-refractivity contribution >= 4 is 11.4 Å². The minimum Gasteiger partial charge on any atom is -0.380 e. The van der Waals surface area contributed by atoms with E-state index in [0.717, 1.165) is 11.3 Å². The lowest BCUT2D eigenvalue weighted by atomic mass is 10.1. The molecule has 0 aliphatic rings. The Labute approximate surface area is 123 Å². The highest BCUT2D eigenvalue weighted by molar-refractivity contribution is 5.59. The molecule has 0 saturated heterocycles. The molecule has 2 rings (SSSR count). The maximum absolute atomic E-state index is 10.9. The molecule has 0 unspecified atom stereocenters. The first-order valence-corrected chi connectivity index (χ1v) is 6.81. The van der Waals surface area contributed by atoms with Crippen LogP contribution in [0.2, 0.25) is 0 Å². The largest absolute Gasteiger partial charge is 0.380 e. The average molecular weight is 288 g/mol. The van der Waals surface area contributed by atoms with E-state index in [0.29, 0.717) is 12.1 Å². The van der Waals surface area contributed by atoms with Gasteiger partial charge in [-0.1, -0.05) is 6.07 Å². The van der Waals surface area contributed by atoms with E-state index in [1.807, 2.05) is 23.1 Å². The van der Waals surface area contributed by atoms with Crippen LogP contribution in [0.5, 0.6) is 0 Å². The lowest BCUT2D eigenvalue weighted by Crippen LogP contribution is -2.21. The zero-order chi connectivity index (χ0) is 15.6. The summed E-state index contributed by atoms with van der Waals surface area (Å²) in [6.07, 6.45) is 3.80. The number of hydrogen-bond acceptors (Lipinski definition) is 4. The third kappa shape index (κ3) is 3.39. The van der Waals surface area contributed by atoms with Gasteiger partial charge in [0.25, 0.3) is 5.69 Å². The third-order valence-electron chi connectivity index (χ3n) is 3.31. The van der Waals surface area contributed by atoms with Crippen molar-refractivity contribution in [2.24, 2.45) is 0 Å². The van der Waals surface area contributed by atoms with Crippen LogP contribution in [0.4, 0.5) is 11.4 Å². The van der Waals surface area contributed by atoms with Crippen molar-refractivity contribution in [3.8, 4) is 0 Å². The van der Waals surface area contributed by atoms with Crippen molar-refractivity contribution in [3.63, 3.8) is 0 Å². The first-order chi connectivity index (χ1) is 9.79. The zero-order valence-corrected chi connectivity index (χ0v) is 12.8. The number of rotatable bonds is 4. The Kier molecular flexibility index (Phi) is 3.97. The highest BCUT2D eigenvalue weighted by atomic mass is 16.6. The molecule has 6 heteroatoms. The zero-order valence-electron chi connectivity index (χ0n) is 12.8. The van der Waals surface area contributed by atoms with Crippen LogP contribution < -0.4 is 5.32 Å². The van der Waals surface area contributed by atoms with E-state index in [4.69, 9.17) is 0 Å². The van der Waals surface area contributed by atoms with Crippen LogP contribution >= 0.6 is 0 Å². The van der Waals surface area contributed by atoms with E-state index in [-0.39, 0.29) is 16.1 Å². The Morgan fingerprint density at radius 1 is 1.38 bits per heavy atom. The molecule has 0 aliphatic carbocycles. The van der Waals surface area contributed by atoms with Gasteiger partial charge in [-0.3, -0.25) is 14.8 Å². The lowest BCUT2D eigenvalue weighted by molar-refractivity contribution is -0.385. The minimum atomic E-state index is -0.363. The van der Waals surface area contributed by atoms with Gasteiger partial charge in [-0.2, -0.15) is 5.10 Å². The summed E-state index contributed by atoms with van der Waals surface area (Å²) in [5, 5.41) is 18.5. The molecule has 0 radical (unpaired) electrons. The van der Waals surface area contributed by atoms with Crippen molar-refractivity contribution in [2.45, 2.75) is 39.8 Å². The Bertz CT molecular complexity index is 656. The Morgan fingerprint density at radius 2 is 2.10 bits per heavy atom. The van der Waals surface area contributed by atoms with Gasteiger partial charge in [-0.25, -0.2) is 0 Å². The second kappa shape index (κ2) is 5.55. The van der Waals surface area contributed by atoms with Crippen molar-refractivity contribution in [1.29, 1.82) is 0 Å². The molecule has 6 nitrogen and oxygen atoms in total. The van der Waals surface area contributed by atoms with E-state index in [2.05, 4.69) is 31.2 Å².